The molecule has 8 heteroatoms. The molecule has 152 valence electrons. The first-order valence-corrected chi connectivity index (χ1v) is 10.2. The molecule has 0 spiro atoms. The van der Waals surface area contributed by atoms with Crippen molar-refractivity contribution >= 4 is 28.9 Å². The Morgan fingerprint density at radius 2 is 1.90 bits per heavy atom. The van der Waals surface area contributed by atoms with Crippen molar-refractivity contribution in [2.45, 2.75) is 38.0 Å². The maximum absolute atomic E-state index is 11.7. The van der Waals surface area contributed by atoms with Crippen LogP contribution in [0.4, 0.5) is 4.79 Å². The van der Waals surface area contributed by atoms with Gasteiger partial charge in [-0.1, -0.05) is 36.9 Å². The van der Waals surface area contributed by atoms with Crippen LogP contribution in [0.25, 0.3) is 0 Å². The summed E-state index contributed by atoms with van der Waals surface area (Å²) in [4.78, 5) is 38.8. The first-order valence-electron chi connectivity index (χ1n) is 9.30. The van der Waals surface area contributed by atoms with Crippen LogP contribution in [-0.2, 0) is 27.2 Å². The summed E-state index contributed by atoms with van der Waals surface area (Å²) >= 11 is 1.01. The van der Waals surface area contributed by atoms with Gasteiger partial charge in [-0.25, -0.2) is 0 Å². The van der Waals surface area contributed by atoms with E-state index in [4.69, 9.17) is 9.47 Å². The van der Waals surface area contributed by atoms with E-state index in [1.807, 2.05) is 31.2 Å². The minimum absolute atomic E-state index is 0.132. The minimum atomic E-state index is -0.609. The van der Waals surface area contributed by atoms with Gasteiger partial charge in [-0.2, -0.15) is 0 Å². The van der Waals surface area contributed by atoms with Gasteiger partial charge >= 0.3 is 5.97 Å². The third-order valence-corrected chi connectivity index (χ3v) is 5.39. The molecule has 0 radical (unpaired) electrons. The number of aromatic nitrogens is 1. The molecule has 2 heterocycles. The van der Waals surface area contributed by atoms with E-state index >= 15 is 0 Å². The third kappa shape index (κ3) is 5.80. The quantitative estimate of drug-likeness (QED) is 0.663. The lowest BCUT2D eigenvalue weighted by atomic mass is 10.1. The second kappa shape index (κ2) is 9.56. The Balaban J connectivity index is 1.60. The SMILES string of the molecule is CCc1ccc(C(COc2ccc(CC3SC(=O)NC3=O)cc2)OC(C)=O)nc1. The number of aryl methyl sites for hydroxylation is 1. The largest absolute Gasteiger partial charge is 0.489 e. The number of pyridine rings is 1. The molecular formula is C21H22N2O5S. The zero-order valence-electron chi connectivity index (χ0n) is 16.2. The Labute approximate surface area is 173 Å². The van der Waals surface area contributed by atoms with Crippen LogP contribution in [-0.4, -0.2) is 34.0 Å². The van der Waals surface area contributed by atoms with Crippen molar-refractivity contribution in [3.05, 3.63) is 59.4 Å². The van der Waals surface area contributed by atoms with Crippen molar-refractivity contribution in [1.82, 2.24) is 10.3 Å². The van der Waals surface area contributed by atoms with Gasteiger partial charge in [0.15, 0.2) is 6.10 Å². The van der Waals surface area contributed by atoms with E-state index < -0.39 is 17.3 Å². The van der Waals surface area contributed by atoms with E-state index in [0.29, 0.717) is 17.9 Å². The molecule has 7 nitrogen and oxygen atoms in total. The normalized spacial score (nSPS) is 17.0. The number of nitrogens with zero attached hydrogens (tertiary/aromatic N) is 1. The number of imide groups is 1. The number of nitrogens with one attached hydrogen (secondary N) is 1. The van der Waals surface area contributed by atoms with Gasteiger partial charge in [0, 0.05) is 13.1 Å². The fourth-order valence-corrected chi connectivity index (χ4v) is 3.71. The first-order chi connectivity index (χ1) is 13.9. The van der Waals surface area contributed by atoms with Crippen molar-refractivity contribution in [2.75, 3.05) is 6.61 Å². The van der Waals surface area contributed by atoms with Gasteiger partial charge in [-0.3, -0.25) is 24.7 Å². The number of ether oxygens (including phenoxy) is 2. The van der Waals surface area contributed by atoms with Gasteiger partial charge in [0.1, 0.15) is 12.4 Å². The van der Waals surface area contributed by atoms with Gasteiger partial charge in [0.25, 0.3) is 5.24 Å². The second-order valence-electron chi connectivity index (χ2n) is 6.59. The molecule has 1 aromatic heterocycles. The summed E-state index contributed by atoms with van der Waals surface area (Å²) in [5.41, 5.74) is 2.65. The fraction of sp³-hybridized carbons (Fsp3) is 0.333. The van der Waals surface area contributed by atoms with Crippen LogP contribution in [0.1, 0.15) is 36.8 Å². The van der Waals surface area contributed by atoms with Gasteiger partial charge in [-0.05, 0) is 42.2 Å². The summed E-state index contributed by atoms with van der Waals surface area (Å²) in [6.45, 7) is 3.53. The molecule has 0 aliphatic carbocycles. The molecule has 1 fully saturated rings. The summed E-state index contributed by atoms with van der Waals surface area (Å²) in [5.74, 6) is -0.0565. The maximum Gasteiger partial charge on any atom is 0.303 e. The molecule has 0 saturated carbocycles. The number of rotatable bonds is 8. The summed E-state index contributed by atoms with van der Waals surface area (Å²) in [6.07, 6.45) is 2.50. The van der Waals surface area contributed by atoms with E-state index in [0.717, 1.165) is 29.3 Å². The summed E-state index contributed by atoms with van der Waals surface area (Å²) < 4.78 is 11.1. The van der Waals surface area contributed by atoms with Crippen LogP contribution < -0.4 is 10.1 Å². The minimum Gasteiger partial charge on any atom is -0.489 e. The predicted octanol–water partition coefficient (Wildman–Crippen LogP) is 3.22. The Morgan fingerprint density at radius 1 is 1.17 bits per heavy atom. The number of carbonyl (C=O) groups excluding carboxylic acids is 3. The molecule has 0 bridgehead atoms. The third-order valence-electron chi connectivity index (χ3n) is 4.41. The molecule has 1 aliphatic heterocycles. The topological polar surface area (TPSA) is 94.6 Å². The summed E-state index contributed by atoms with van der Waals surface area (Å²) in [7, 11) is 0. The molecule has 1 aliphatic rings. The lowest BCUT2D eigenvalue weighted by Crippen LogP contribution is -2.25. The van der Waals surface area contributed by atoms with Crippen molar-refractivity contribution < 1.29 is 23.9 Å². The monoisotopic (exact) mass is 414 g/mol. The highest BCUT2D eigenvalue weighted by atomic mass is 32.2. The van der Waals surface area contributed by atoms with Crippen molar-refractivity contribution in [1.29, 1.82) is 0 Å². The second-order valence-corrected chi connectivity index (χ2v) is 7.76. The van der Waals surface area contributed by atoms with Gasteiger partial charge in [-0.15, -0.1) is 0 Å². The molecule has 3 rings (SSSR count). The van der Waals surface area contributed by atoms with Crippen molar-refractivity contribution in [3.63, 3.8) is 0 Å². The van der Waals surface area contributed by atoms with E-state index in [1.165, 1.54) is 6.92 Å². The van der Waals surface area contributed by atoms with Crippen LogP contribution in [0.3, 0.4) is 0 Å². The van der Waals surface area contributed by atoms with Crippen LogP contribution in [0, 0.1) is 0 Å². The van der Waals surface area contributed by atoms with E-state index in [2.05, 4.69) is 10.3 Å². The number of hydrogen-bond donors (Lipinski definition) is 1. The molecule has 2 aromatic rings. The lowest BCUT2D eigenvalue weighted by molar-refractivity contribution is -0.148. The van der Waals surface area contributed by atoms with Gasteiger partial charge < -0.3 is 9.47 Å². The van der Waals surface area contributed by atoms with Crippen molar-refractivity contribution in [2.24, 2.45) is 0 Å². The molecule has 1 aromatic carbocycles. The molecule has 29 heavy (non-hydrogen) atoms. The van der Waals surface area contributed by atoms with Crippen LogP contribution >= 0.6 is 11.8 Å². The average molecular weight is 414 g/mol. The zero-order chi connectivity index (χ0) is 20.8. The Bertz CT molecular complexity index is 883. The van der Waals surface area contributed by atoms with Gasteiger partial charge in [0.2, 0.25) is 5.91 Å². The van der Waals surface area contributed by atoms with Crippen LogP contribution in [0.2, 0.25) is 0 Å². The lowest BCUT2D eigenvalue weighted by Gasteiger charge is -2.18. The summed E-state index contributed by atoms with van der Waals surface area (Å²) in [5, 5.41) is 1.57. The predicted molar refractivity (Wildman–Crippen MR) is 109 cm³/mol. The number of benzene rings is 1. The van der Waals surface area contributed by atoms with E-state index in [9.17, 15) is 14.4 Å². The van der Waals surface area contributed by atoms with Gasteiger partial charge in [0.05, 0.1) is 10.9 Å². The number of carbonyl (C=O) groups is 3. The maximum atomic E-state index is 11.7. The molecule has 2 amide bonds. The standard InChI is InChI=1S/C21H22N2O5S/c1-3-14-6-9-17(22-11-14)18(28-13(2)24)12-27-16-7-4-15(5-8-16)10-19-20(25)23-21(26)29-19/h4-9,11,18-19H,3,10,12H2,1-2H3,(H,23,25,26). The smallest absolute Gasteiger partial charge is 0.303 e. The molecular weight excluding hydrogens is 392 g/mol. The van der Waals surface area contributed by atoms with Crippen LogP contribution in [0.5, 0.6) is 5.75 Å². The van der Waals surface area contributed by atoms with E-state index in [-0.39, 0.29) is 17.8 Å². The molecule has 2 unspecified atom stereocenters. The van der Waals surface area contributed by atoms with Crippen molar-refractivity contribution in [3.8, 4) is 5.75 Å². The average Bonchev–Trinajstić information content (AvgIpc) is 3.03. The molecule has 2 atom stereocenters. The number of hydrogen-bond acceptors (Lipinski definition) is 7. The molecule has 1 saturated heterocycles. The van der Waals surface area contributed by atoms with E-state index in [1.54, 1.807) is 18.3 Å². The Morgan fingerprint density at radius 3 is 2.45 bits per heavy atom. The highest BCUT2D eigenvalue weighted by Crippen LogP contribution is 2.24. The Hall–Kier alpha value is -2.87. The zero-order valence-corrected chi connectivity index (χ0v) is 17.0. The number of thioether (sulfide) groups is 1. The highest BCUT2D eigenvalue weighted by Gasteiger charge is 2.31. The molecule has 1 N–H and O–H groups in total. The number of esters is 1. The highest BCUT2D eigenvalue weighted by molar-refractivity contribution is 8.15. The summed E-state index contributed by atoms with van der Waals surface area (Å²) in [6, 6.07) is 11.1. The van der Waals surface area contributed by atoms with Crippen LogP contribution in [0.15, 0.2) is 42.6 Å². The Kier molecular flexibility index (Phi) is 6.87. The number of amides is 2. The fourth-order valence-electron chi connectivity index (χ4n) is 2.85. The first kappa shape index (κ1) is 20.9.